The molecular weight excluding hydrogens is 407 g/mol. The molecule has 2 heterocycles. The summed E-state index contributed by atoms with van der Waals surface area (Å²) in [7, 11) is -3.54. The third kappa shape index (κ3) is 3.16. The van der Waals surface area contributed by atoms with Crippen molar-refractivity contribution in [1.82, 2.24) is 5.32 Å². The molecule has 4 nitrogen and oxygen atoms in total. The fourth-order valence-corrected chi connectivity index (χ4v) is 6.54. The topological polar surface area (TPSA) is 70.0 Å². The van der Waals surface area contributed by atoms with E-state index in [1.165, 1.54) is 13.0 Å². The molecule has 1 aromatic heterocycles. The van der Waals surface area contributed by atoms with Crippen molar-refractivity contribution in [3.63, 3.8) is 0 Å². The van der Waals surface area contributed by atoms with E-state index in [2.05, 4.69) is 10.7 Å². The van der Waals surface area contributed by atoms with Gasteiger partial charge in [-0.15, -0.1) is 11.3 Å². The average Bonchev–Trinajstić information content (AvgIpc) is 3.01. The normalized spacial score (nSPS) is 25.9. The zero-order valence-electron chi connectivity index (χ0n) is 17.7. The lowest BCUT2D eigenvalue weighted by Crippen LogP contribution is -2.63. The van der Waals surface area contributed by atoms with E-state index in [0.29, 0.717) is 0 Å². The smallest absolute Gasteiger partial charge is 0.189 e. The molecule has 7 heteroatoms. The summed E-state index contributed by atoms with van der Waals surface area (Å²) >= 11 is 1.64. The first-order chi connectivity index (χ1) is 14.0. The van der Waals surface area contributed by atoms with Crippen LogP contribution in [0.5, 0.6) is 0 Å². The standard InChI is InChI=1S/C22H23FN2O2S2/c1-13(23)9-14-5-7-18-16(10-14)17-11-15(6-8-19(17)28-18)22(4)12-29(26,27)21(2,3)20(24)25-22/h5-11H,12H2,1-4H3,(H2,24,25)/t22-/m0/s1. The van der Waals surface area contributed by atoms with E-state index in [-0.39, 0.29) is 17.4 Å². The lowest BCUT2D eigenvalue weighted by atomic mass is 9.91. The predicted octanol–water partition coefficient (Wildman–Crippen LogP) is 5.37. The SMILES string of the molecule is [H]/N=C1\N[C@](C)(c2ccc3sc4ccc(C=C(C)F)cc4c3c2)CS(=O)(=O)C1(C)C. The summed E-state index contributed by atoms with van der Waals surface area (Å²) in [6.07, 6.45) is 1.49. The molecular formula is C22H23FN2O2S2. The summed E-state index contributed by atoms with van der Waals surface area (Å²) in [4.78, 5) is 0. The monoisotopic (exact) mass is 430 g/mol. The maximum absolute atomic E-state index is 13.4. The molecule has 29 heavy (non-hydrogen) atoms. The van der Waals surface area contributed by atoms with Crippen molar-refractivity contribution in [2.45, 2.75) is 38.0 Å². The van der Waals surface area contributed by atoms with E-state index in [4.69, 9.17) is 1.41 Å². The fourth-order valence-electron chi connectivity index (χ4n) is 3.77. The zero-order valence-corrected chi connectivity index (χ0v) is 18.3. The van der Waals surface area contributed by atoms with E-state index in [0.717, 1.165) is 31.3 Å². The van der Waals surface area contributed by atoms with Crippen LogP contribution in [0.25, 0.3) is 26.2 Å². The van der Waals surface area contributed by atoms with Crippen LogP contribution in [-0.2, 0) is 15.4 Å². The highest BCUT2D eigenvalue weighted by molar-refractivity contribution is 7.93. The van der Waals surface area contributed by atoms with Gasteiger partial charge in [0.15, 0.2) is 11.2 Å². The summed E-state index contributed by atoms with van der Waals surface area (Å²) < 4.78 is 47.8. The fraction of sp³-hybridized carbons (Fsp3) is 0.318. The summed E-state index contributed by atoms with van der Waals surface area (Å²) in [5, 5.41) is 8.70. The first kappa shape index (κ1) is 18.8. The number of thiophene rings is 1. The molecule has 2 N–H and O–H groups in total. The van der Waals surface area contributed by atoms with Crippen LogP contribution in [0.3, 0.4) is 0 Å². The van der Waals surface area contributed by atoms with Crippen LogP contribution >= 0.6 is 11.3 Å². The molecule has 1 aliphatic rings. The Morgan fingerprint density at radius 2 is 1.86 bits per heavy atom. The van der Waals surface area contributed by atoms with E-state index in [1.54, 1.807) is 25.2 Å². The second-order valence-electron chi connectivity index (χ2n) is 8.37. The molecule has 0 spiro atoms. The number of benzene rings is 2. The van der Waals surface area contributed by atoms with Crippen LogP contribution in [0, 0.1) is 5.40 Å². The van der Waals surface area contributed by atoms with Crippen LogP contribution in [0.2, 0.25) is 1.41 Å². The van der Waals surface area contributed by atoms with Crippen molar-refractivity contribution in [2.24, 2.45) is 0 Å². The highest BCUT2D eigenvalue weighted by atomic mass is 32.2. The molecule has 0 radical (unpaired) electrons. The van der Waals surface area contributed by atoms with Gasteiger partial charge >= 0.3 is 0 Å². The minimum atomic E-state index is -3.54. The molecule has 0 unspecified atom stereocenters. The number of hydrogen-bond acceptors (Lipinski definition) is 4. The third-order valence-corrected chi connectivity index (χ3v) is 9.57. The first-order valence-electron chi connectivity index (χ1n) is 9.75. The number of amidine groups is 1. The van der Waals surface area contributed by atoms with Crippen LogP contribution in [0.1, 0.15) is 38.8 Å². The Morgan fingerprint density at radius 3 is 2.52 bits per heavy atom. The molecule has 1 fully saturated rings. The van der Waals surface area contributed by atoms with Crippen molar-refractivity contribution in [1.29, 1.82) is 5.40 Å². The number of rotatable bonds is 2. The summed E-state index contributed by atoms with van der Waals surface area (Å²) in [6.45, 7) is 6.37. The van der Waals surface area contributed by atoms with E-state index >= 15 is 0 Å². The number of halogens is 1. The highest BCUT2D eigenvalue weighted by Gasteiger charge is 2.50. The van der Waals surface area contributed by atoms with Gasteiger partial charge in [0.25, 0.3) is 0 Å². The maximum Gasteiger partial charge on any atom is 0.189 e. The summed E-state index contributed by atoms with van der Waals surface area (Å²) in [5.41, 5.74) is 0.670. The second kappa shape index (κ2) is 6.37. The minimum absolute atomic E-state index is 0.103. The van der Waals surface area contributed by atoms with Crippen molar-refractivity contribution in [3.8, 4) is 0 Å². The molecule has 0 amide bonds. The number of nitrogens with one attached hydrogen (secondary N) is 2. The molecule has 152 valence electrons. The number of allylic oxidation sites excluding steroid dienone is 1. The zero-order chi connectivity index (χ0) is 21.9. The Morgan fingerprint density at radius 1 is 1.21 bits per heavy atom. The van der Waals surface area contributed by atoms with Crippen molar-refractivity contribution in [3.05, 3.63) is 53.4 Å². The molecule has 1 aliphatic heterocycles. The quantitative estimate of drug-likeness (QED) is 0.574. The number of fused-ring (bicyclic) bond motifs is 3. The van der Waals surface area contributed by atoms with E-state index in [9.17, 15) is 12.8 Å². The van der Waals surface area contributed by atoms with Gasteiger partial charge in [0.2, 0.25) is 0 Å². The molecule has 4 rings (SSSR count). The third-order valence-electron chi connectivity index (χ3n) is 5.72. The molecule has 3 aromatic rings. The van der Waals surface area contributed by atoms with Crippen molar-refractivity contribution >= 4 is 53.3 Å². The Kier molecular flexibility index (Phi) is 4.12. The van der Waals surface area contributed by atoms with Crippen LogP contribution in [0.15, 0.2) is 42.2 Å². The second-order valence-corrected chi connectivity index (χ2v) is 12.0. The Hall–Kier alpha value is -2.25. The highest BCUT2D eigenvalue weighted by Crippen LogP contribution is 2.39. The van der Waals surface area contributed by atoms with Gasteiger partial charge in [0.05, 0.1) is 17.1 Å². The number of sulfone groups is 1. The lowest BCUT2D eigenvalue weighted by Gasteiger charge is -2.43. The average molecular weight is 431 g/mol. The minimum Gasteiger partial charge on any atom is -0.362 e. The maximum atomic E-state index is 13.4. The van der Waals surface area contributed by atoms with E-state index in [1.807, 2.05) is 43.3 Å². The summed E-state index contributed by atoms with van der Waals surface area (Å²) in [6, 6.07) is 11.7. The molecule has 0 aliphatic carbocycles. The molecule has 1 saturated heterocycles. The van der Waals surface area contributed by atoms with Gasteiger partial charge in [0.1, 0.15) is 10.6 Å². The first-order valence-corrected chi connectivity index (χ1v) is 11.8. The van der Waals surface area contributed by atoms with Gasteiger partial charge in [-0.3, -0.25) is 5.40 Å². The molecule has 2 aromatic carbocycles. The van der Waals surface area contributed by atoms with Gasteiger partial charge in [-0.25, -0.2) is 12.8 Å². The van der Waals surface area contributed by atoms with Gasteiger partial charge in [0, 0.05) is 20.2 Å². The van der Waals surface area contributed by atoms with Gasteiger partial charge < -0.3 is 5.32 Å². The Balaban J connectivity index is 1.89. The Bertz CT molecular complexity index is 1340. The van der Waals surface area contributed by atoms with Gasteiger partial charge in [-0.2, -0.15) is 0 Å². The van der Waals surface area contributed by atoms with Gasteiger partial charge in [-0.05, 0) is 69.2 Å². The lowest BCUT2D eigenvalue weighted by molar-refractivity contribution is 0.443. The van der Waals surface area contributed by atoms with Crippen LogP contribution in [-0.4, -0.2) is 24.8 Å². The molecule has 1 atom stereocenters. The number of hydrogen-bond donors (Lipinski definition) is 2. The van der Waals surface area contributed by atoms with Gasteiger partial charge in [-0.1, -0.05) is 12.1 Å². The van der Waals surface area contributed by atoms with Crippen LogP contribution < -0.4 is 5.32 Å². The molecule has 0 saturated carbocycles. The summed E-state index contributed by atoms with van der Waals surface area (Å²) in [5.74, 6) is -0.227. The van der Waals surface area contributed by atoms with Crippen LogP contribution in [0.4, 0.5) is 4.39 Å². The molecule has 0 bridgehead atoms. The van der Waals surface area contributed by atoms with Crippen molar-refractivity contribution in [2.75, 3.05) is 5.75 Å². The largest absolute Gasteiger partial charge is 0.362 e. The van der Waals surface area contributed by atoms with Crippen molar-refractivity contribution < 1.29 is 14.2 Å². The van der Waals surface area contributed by atoms with E-state index < -0.39 is 20.1 Å². The predicted molar refractivity (Wildman–Crippen MR) is 120 cm³/mol. The Labute approximate surface area is 175 Å².